The van der Waals surface area contributed by atoms with Crippen molar-refractivity contribution in [2.45, 2.75) is 12.5 Å². The van der Waals surface area contributed by atoms with E-state index < -0.39 is 6.10 Å². The molecule has 2 aliphatic heterocycles. The standard InChI is InChI=1S/C24H24N4O5/c1-26-23(30)17-7-3-2-6-16(17)18(25-26)14-22(29)28-15-21(24(31)27-10-12-32-13-11-27)33-20-9-5-4-8-19(20)28/h2-9,21H,10-15H2,1H3/t21-/m0/s1. The highest BCUT2D eigenvalue weighted by Gasteiger charge is 2.36. The van der Waals surface area contributed by atoms with Crippen LogP contribution in [0.5, 0.6) is 5.75 Å². The topological polar surface area (TPSA) is 94.0 Å². The van der Waals surface area contributed by atoms with Gasteiger partial charge in [-0.05, 0) is 18.2 Å². The van der Waals surface area contributed by atoms with Crippen LogP contribution < -0.4 is 15.2 Å². The van der Waals surface area contributed by atoms with Gasteiger partial charge in [0.05, 0.1) is 42.9 Å². The van der Waals surface area contributed by atoms with Crippen molar-refractivity contribution in [2.24, 2.45) is 7.05 Å². The van der Waals surface area contributed by atoms with Gasteiger partial charge in [0.25, 0.3) is 11.5 Å². The summed E-state index contributed by atoms with van der Waals surface area (Å²) in [5.74, 6) is 0.111. The fourth-order valence-corrected chi connectivity index (χ4v) is 4.33. The van der Waals surface area contributed by atoms with Crippen LogP contribution in [0.4, 0.5) is 5.69 Å². The van der Waals surface area contributed by atoms with Crippen molar-refractivity contribution in [3.63, 3.8) is 0 Å². The van der Waals surface area contributed by atoms with Crippen LogP contribution in [0.25, 0.3) is 10.8 Å². The number of para-hydroxylation sites is 2. The number of fused-ring (bicyclic) bond motifs is 2. The van der Waals surface area contributed by atoms with Crippen LogP contribution in [0.1, 0.15) is 5.69 Å². The van der Waals surface area contributed by atoms with Crippen LogP contribution >= 0.6 is 0 Å². The minimum atomic E-state index is -0.799. The van der Waals surface area contributed by atoms with Crippen molar-refractivity contribution < 1.29 is 19.1 Å². The highest BCUT2D eigenvalue weighted by atomic mass is 16.5. The first-order valence-electron chi connectivity index (χ1n) is 10.9. The molecular weight excluding hydrogens is 424 g/mol. The summed E-state index contributed by atoms with van der Waals surface area (Å²) in [4.78, 5) is 42.4. The molecule has 5 rings (SSSR count). The summed E-state index contributed by atoms with van der Waals surface area (Å²) in [5.41, 5.74) is 0.912. The molecule has 2 aromatic carbocycles. The van der Waals surface area contributed by atoms with Crippen LogP contribution in [0.15, 0.2) is 53.3 Å². The molecule has 0 unspecified atom stereocenters. The Kier molecular flexibility index (Phi) is 5.55. The predicted octanol–water partition coefficient (Wildman–Crippen LogP) is 1.13. The summed E-state index contributed by atoms with van der Waals surface area (Å²) in [6, 6.07) is 14.3. The third-order valence-corrected chi connectivity index (χ3v) is 6.02. The Morgan fingerprint density at radius 1 is 1.03 bits per heavy atom. The number of amides is 2. The molecule has 0 bridgehead atoms. The molecule has 170 valence electrons. The fourth-order valence-electron chi connectivity index (χ4n) is 4.33. The lowest BCUT2D eigenvalue weighted by atomic mass is 10.1. The van der Waals surface area contributed by atoms with E-state index in [0.29, 0.717) is 54.2 Å². The van der Waals surface area contributed by atoms with E-state index in [1.807, 2.05) is 18.2 Å². The molecule has 2 amide bonds. The molecule has 2 aliphatic rings. The molecule has 0 N–H and O–H groups in total. The highest BCUT2D eigenvalue weighted by molar-refractivity contribution is 6.00. The Hall–Kier alpha value is -3.72. The molecule has 1 aromatic heterocycles. The van der Waals surface area contributed by atoms with Crippen LogP contribution in [0.2, 0.25) is 0 Å². The van der Waals surface area contributed by atoms with E-state index >= 15 is 0 Å². The zero-order chi connectivity index (χ0) is 22.9. The van der Waals surface area contributed by atoms with Gasteiger partial charge in [0.2, 0.25) is 5.91 Å². The Bertz CT molecular complexity index is 1280. The van der Waals surface area contributed by atoms with Crippen molar-refractivity contribution >= 4 is 28.3 Å². The van der Waals surface area contributed by atoms with Gasteiger partial charge in [0.15, 0.2) is 6.10 Å². The van der Waals surface area contributed by atoms with Crippen molar-refractivity contribution in [3.8, 4) is 5.75 Å². The zero-order valence-electron chi connectivity index (χ0n) is 18.3. The molecule has 1 atom stereocenters. The van der Waals surface area contributed by atoms with E-state index in [9.17, 15) is 14.4 Å². The molecule has 9 nitrogen and oxygen atoms in total. The maximum atomic E-state index is 13.5. The van der Waals surface area contributed by atoms with Gasteiger partial charge in [0, 0.05) is 25.5 Å². The lowest BCUT2D eigenvalue weighted by Crippen LogP contribution is -2.54. The second-order valence-electron chi connectivity index (χ2n) is 8.11. The maximum Gasteiger partial charge on any atom is 0.274 e. The number of nitrogens with zero attached hydrogens (tertiary/aromatic N) is 4. The first kappa shape index (κ1) is 21.1. The molecule has 1 fully saturated rings. The number of rotatable bonds is 3. The third kappa shape index (κ3) is 3.95. The normalized spacial score (nSPS) is 18.0. The molecule has 0 aliphatic carbocycles. The van der Waals surface area contributed by atoms with Gasteiger partial charge in [0.1, 0.15) is 5.75 Å². The van der Waals surface area contributed by atoms with E-state index in [-0.39, 0.29) is 30.3 Å². The Morgan fingerprint density at radius 3 is 2.52 bits per heavy atom. The lowest BCUT2D eigenvalue weighted by Gasteiger charge is -2.37. The van der Waals surface area contributed by atoms with Crippen molar-refractivity contribution in [3.05, 3.63) is 64.6 Å². The van der Waals surface area contributed by atoms with E-state index in [1.165, 1.54) is 4.68 Å². The average molecular weight is 448 g/mol. The Balaban J connectivity index is 1.46. The number of morpholine rings is 1. The van der Waals surface area contributed by atoms with Crippen LogP contribution in [0.3, 0.4) is 0 Å². The van der Waals surface area contributed by atoms with Crippen LogP contribution in [0, 0.1) is 0 Å². The molecule has 9 heteroatoms. The lowest BCUT2D eigenvalue weighted by molar-refractivity contribution is -0.142. The van der Waals surface area contributed by atoms with E-state index in [4.69, 9.17) is 9.47 Å². The van der Waals surface area contributed by atoms with E-state index in [1.54, 1.807) is 47.2 Å². The molecule has 33 heavy (non-hydrogen) atoms. The molecule has 0 saturated carbocycles. The molecular formula is C24H24N4O5. The van der Waals surface area contributed by atoms with Gasteiger partial charge in [-0.1, -0.05) is 30.3 Å². The largest absolute Gasteiger partial charge is 0.476 e. The maximum absolute atomic E-state index is 13.5. The van der Waals surface area contributed by atoms with Gasteiger partial charge in [-0.2, -0.15) is 5.10 Å². The molecule has 0 radical (unpaired) electrons. The fraction of sp³-hybridized carbons (Fsp3) is 0.333. The predicted molar refractivity (Wildman–Crippen MR) is 121 cm³/mol. The van der Waals surface area contributed by atoms with Crippen molar-refractivity contribution in [2.75, 3.05) is 37.7 Å². The van der Waals surface area contributed by atoms with Crippen molar-refractivity contribution in [1.82, 2.24) is 14.7 Å². The van der Waals surface area contributed by atoms with E-state index in [2.05, 4.69) is 5.10 Å². The number of aromatic nitrogens is 2. The number of ether oxygens (including phenoxy) is 2. The van der Waals surface area contributed by atoms with Crippen molar-refractivity contribution in [1.29, 1.82) is 0 Å². The average Bonchev–Trinajstić information content (AvgIpc) is 2.86. The zero-order valence-corrected chi connectivity index (χ0v) is 18.3. The SMILES string of the molecule is Cn1nc(CC(=O)N2C[C@@H](C(=O)N3CCOCC3)Oc3ccccc32)c2ccccc2c1=O. The summed E-state index contributed by atoms with van der Waals surface area (Å²) >= 11 is 0. The Morgan fingerprint density at radius 2 is 1.73 bits per heavy atom. The molecule has 3 aromatic rings. The van der Waals surface area contributed by atoms with Crippen LogP contribution in [-0.4, -0.2) is 65.4 Å². The third-order valence-electron chi connectivity index (χ3n) is 6.02. The summed E-state index contributed by atoms with van der Waals surface area (Å²) < 4.78 is 12.6. The van der Waals surface area contributed by atoms with Gasteiger partial charge in [-0.3, -0.25) is 14.4 Å². The quantitative estimate of drug-likeness (QED) is 0.596. The van der Waals surface area contributed by atoms with Gasteiger partial charge in [-0.15, -0.1) is 0 Å². The Labute approximate surface area is 190 Å². The number of hydrogen-bond donors (Lipinski definition) is 0. The summed E-state index contributed by atoms with van der Waals surface area (Å²) in [6.45, 7) is 2.09. The highest BCUT2D eigenvalue weighted by Crippen LogP contribution is 2.34. The monoisotopic (exact) mass is 448 g/mol. The van der Waals surface area contributed by atoms with Crippen LogP contribution in [-0.2, 0) is 27.8 Å². The summed E-state index contributed by atoms with van der Waals surface area (Å²) in [6.07, 6.45) is -0.812. The smallest absolute Gasteiger partial charge is 0.274 e. The number of hydrogen-bond acceptors (Lipinski definition) is 6. The first-order chi connectivity index (χ1) is 16.0. The summed E-state index contributed by atoms with van der Waals surface area (Å²) in [7, 11) is 1.57. The first-order valence-corrected chi connectivity index (χ1v) is 10.9. The van der Waals surface area contributed by atoms with Gasteiger partial charge in [-0.25, -0.2) is 4.68 Å². The number of carbonyl (C=O) groups excluding carboxylic acids is 2. The van der Waals surface area contributed by atoms with E-state index in [0.717, 1.165) is 0 Å². The number of aryl methyl sites for hydroxylation is 1. The second kappa shape index (κ2) is 8.67. The number of benzene rings is 2. The number of carbonyl (C=O) groups is 2. The van der Waals surface area contributed by atoms with Gasteiger partial charge >= 0.3 is 0 Å². The molecule has 0 spiro atoms. The second-order valence-corrected chi connectivity index (χ2v) is 8.11. The molecule has 3 heterocycles. The summed E-state index contributed by atoms with van der Waals surface area (Å²) in [5, 5.41) is 5.52. The number of anilines is 1. The van der Waals surface area contributed by atoms with Gasteiger partial charge < -0.3 is 19.3 Å². The minimum absolute atomic E-state index is 0.0125. The molecule has 1 saturated heterocycles. The minimum Gasteiger partial charge on any atom is -0.476 e.